The summed E-state index contributed by atoms with van der Waals surface area (Å²) >= 11 is 0. The Morgan fingerprint density at radius 2 is 1.96 bits per heavy atom. The van der Waals surface area contributed by atoms with Crippen molar-refractivity contribution in [2.45, 2.75) is 20.8 Å². The van der Waals surface area contributed by atoms with Crippen molar-refractivity contribution in [2.75, 3.05) is 12.4 Å². The molecule has 0 atom stereocenters. The van der Waals surface area contributed by atoms with Gasteiger partial charge in [-0.1, -0.05) is 26.8 Å². The highest BCUT2D eigenvalue weighted by molar-refractivity contribution is 5.96. The molecule has 24 heavy (non-hydrogen) atoms. The number of hydrogen-bond donors (Lipinski definition) is 1. The van der Waals surface area contributed by atoms with Crippen LogP contribution in [0.2, 0.25) is 0 Å². The molecule has 0 spiro atoms. The van der Waals surface area contributed by atoms with Gasteiger partial charge >= 0.3 is 0 Å². The molecule has 0 aliphatic rings. The number of carbonyl (C=O) groups excluding carboxylic acids is 1. The summed E-state index contributed by atoms with van der Waals surface area (Å²) < 4.78 is 11.1. The summed E-state index contributed by atoms with van der Waals surface area (Å²) in [5, 5.41) is 2.89. The summed E-state index contributed by atoms with van der Waals surface area (Å²) in [6.07, 6.45) is 0. The standard InChI is InChI=1S/C19H20N2O3/c1-19(2,3)18(22)20-13-8-9-15-16(11-13)24-17(21-15)12-6-5-7-14(10-12)23-4/h5-11H,1-4H3,(H,20,22). The van der Waals surface area contributed by atoms with E-state index in [2.05, 4.69) is 10.3 Å². The second kappa shape index (κ2) is 6.00. The fraction of sp³-hybridized carbons (Fsp3) is 0.263. The van der Waals surface area contributed by atoms with Gasteiger partial charge in [-0.15, -0.1) is 0 Å². The predicted molar refractivity (Wildman–Crippen MR) is 94.1 cm³/mol. The van der Waals surface area contributed by atoms with E-state index >= 15 is 0 Å². The molecule has 0 saturated heterocycles. The van der Waals surface area contributed by atoms with Crippen molar-refractivity contribution in [3.8, 4) is 17.2 Å². The largest absolute Gasteiger partial charge is 0.497 e. The smallest absolute Gasteiger partial charge is 0.229 e. The Morgan fingerprint density at radius 3 is 2.67 bits per heavy atom. The van der Waals surface area contributed by atoms with E-state index in [0.29, 0.717) is 17.2 Å². The first-order chi connectivity index (χ1) is 11.4. The minimum absolute atomic E-state index is 0.0469. The molecule has 1 heterocycles. The van der Waals surface area contributed by atoms with Crippen molar-refractivity contribution in [1.29, 1.82) is 0 Å². The van der Waals surface area contributed by atoms with Gasteiger partial charge in [-0.05, 0) is 30.3 Å². The quantitative estimate of drug-likeness (QED) is 0.771. The van der Waals surface area contributed by atoms with Crippen LogP contribution in [0.25, 0.3) is 22.6 Å². The maximum absolute atomic E-state index is 12.1. The third kappa shape index (κ3) is 3.25. The normalized spacial score (nSPS) is 11.5. The van der Waals surface area contributed by atoms with Crippen molar-refractivity contribution < 1.29 is 13.9 Å². The number of methoxy groups -OCH3 is 1. The van der Waals surface area contributed by atoms with Crippen LogP contribution >= 0.6 is 0 Å². The third-order valence-corrected chi connectivity index (χ3v) is 3.64. The lowest BCUT2D eigenvalue weighted by Gasteiger charge is -2.17. The number of amides is 1. The number of fused-ring (bicyclic) bond motifs is 1. The summed E-state index contributed by atoms with van der Waals surface area (Å²) in [6.45, 7) is 5.61. The lowest BCUT2D eigenvalue weighted by Crippen LogP contribution is -2.27. The number of oxazole rings is 1. The number of carbonyl (C=O) groups is 1. The minimum atomic E-state index is -0.456. The van der Waals surface area contributed by atoms with E-state index in [1.54, 1.807) is 13.2 Å². The van der Waals surface area contributed by atoms with Gasteiger partial charge < -0.3 is 14.5 Å². The topological polar surface area (TPSA) is 64.4 Å². The van der Waals surface area contributed by atoms with Crippen LogP contribution in [0.3, 0.4) is 0 Å². The van der Waals surface area contributed by atoms with Gasteiger partial charge in [0.1, 0.15) is 11.3 Å². The predicted octanol–water partition coefficient (Wildman–Crippen LogP) is 4.49. The minimum Gasteiger partial charge on any atom is -0.497 e. The van der Waals surface area contributed by atoms with Gasteiger partial charge in [-0.2, -0.15) is 0 Å². The number of aromatic nitrogens is 1. The van der Waals surface area contributed by atoms with Crippen LogP contribution in [0, 0.1) is 5.41 Å². The Morgan fingerprint density at radius 1 is 1.17 bits per heavy atom. The van der Waals surface area contributed by atoms with Gasteiger partial charge in [-0.25, -0.2) is 4.98 Å². The molecule has 5 heteroatoms. The first-order valence-corrected chi connectivity index (χ1v) is 7.73. The Labute approximate surface area is 140 Å². The molecule has 2 aromatic carbocycles. The van der Waals surface area contributed by atoms with Crippen LogP contribution in [0.1, 0.15) is 20.8 Å². The van der Waals surface area contributed by atoms with Gasteiger partial charge in [-0.3, -0.25) is 4.79 Å². The molecule has 0 unspecified atom stereocenters. The van der Waals surface area contributed by atoms with Crippen LogP contribution in [0.15, 0.2) is 46.9 Å². The molecule has 1 amide bonds. The van der Waals surface area contributed by atoms with Crippen LogP contribution in [0.5, 0.6) is 5.75 Å². The molecular formula is C19H20N2O3. The highest BCUT2D eigenvalue weighted by atomic mass is 16.5. The van der Waals surface area contributed by atoms with Crippen LogP contribution in [-0.4, -0.2) is 18.0 Å². The molecule has 0 saturated carbocycles. The molecule has 3 aromatic rings. The summed E-state index contributed by atoms with van der Waals surface area (Å²) in [5.74, 6) is 1.21. The molecule has 124 valence electrons. The maximum atomic E-state index is 12.1. The van der Waals surface area contributed by atoms with E-state index in [-0.39, 0.29) is 5.91 Å². The maximum Gasteiger partial charge on any atom is 0.229 e. The number of nitrogens with zero attached hydrogens (tertiary/aromatic N) is 1. The second-order valence-corrected chi connectivity index (χ2v) is 6.64. The summed E-state index contributed by atoms with van der Waals surface area (Å²) in [7, 11) is 1.62. The average Bonchev–Trinajstić information content (AvgIpc) is 2.97. The van der Waals surface area contributed by atoms with E-state index in [4.69, 9.17) is 9.15 Å². The molecule has 0 fully saturated rings. The number of anilines is 1. The first kappa shape index (κ1) is 16.1. The zero-order chi connectivity index (χ0) is 17.3. The van der Waals surface area contributed by atoms with E-state index in [1.165, 1.54) is 0 Å². The zero-order valence-corrected chi connectivity index (χ0v) is 14.2. The summed E-state index contributed by atoms with van der Waals surface area (Å²) in [6, 6.07) is 13.0. The monoisotopic (exact) mass is 324 g/mol. The van der Waals surface area contributed by atoms with Crippen molar-refractivity contribution in [1.82, 2.24) is 4.98 Å². The number of rotatable bonds is 3. The van der Waals surface area contributed by atoms with E-state index < -0.39 is 5.41 Å². The van der Waals surface area contributed by atoms with Gasteiger partial charge in [0.05, 0.1) is 7.11 Å². The highest BCUT2D eigenvalue weighted by Gasteiger charge is 2.21. The lowest BCUT2D eigenvalue weighted by atomic mass is 9.95. The van der Waals surface area contributed by atoms with Gasteiger partial charge in [0, 0.05) is 22.7 Å². The van der Waals surface area contributed by atoms with E-state index in [1.807, 2.05) is 57.2 Å². The molecule has 0 aliphatic carbocycles. The first-order valence-electron chi connectivity index (χ1n) is 7.73. The van der Waals surface area contributed by atoms with Crippen molar-refractivity contribution in [3.63, 3.8) is 0 Å². The lowest BCUT2D eigenvalue weighted by molar-refractivity contribution is -0.123. The Balaban J connectivity index is 1.93. The average molecular weight is 324 g/mol. The molecule has 0 radical (unpaired) electrons. The summed E-state index contributed by atoms with van der Waals surface area (Å²) in [4.78, 5) is 16.6. The Hall–Kier alpha value is -2.82. The van der Waals surface area contributed by atoms with Crippen molar-refractivity contribution in [3.05, 3.63) is 42.5 Å². The molecular weight excluding hydrogens is 304 g/mol. The molecule has 0 aliphatic heterocycles. The van der Waals surface area contributed by atoms with Crippen molar-refractivity contribution >= 4 is 22.7 Å². The van der Waals surface area contributed by atoms with Crippen LogP contribution in [0.4, 0.5) is 5.69 Å². The molecule has 5 nitrogen and oxygen atoms in total. The number of nitrogens with one attached hydrogen (secondary N) is 1. The van der Waals surface area contributed by atoms with E-state index in [9.17, 15) is 4.79 Å². The number of hydrogen-bond acceptors (Lipinski definition) is 4. The van der Waals surface area contributed by atoms with Gasteiger partial charge in [0.15, 0.2) is 5.58 Å². The molecule has 0 bridgehead atoms. The zero-order valence-electron chi connectivity index (χ0n) is 14.2. The second-order valence-electron chi connectivity index (χ2n) is 6.64. The number of ether oxygens (including phenoxy) is 1. The summed E-state index contributed by atoms with van der Waals surface area (Å²) in [5.41, 5.74) is 2.44. The molecule has 1 N–H and O–H groups in total. The fourth-order valence-corrected chi connectivity index (χ4v) is 2.20. The van der Waals surface area contributed by atoms with Gasteiger partial charge in [0.25, 0.3) is 0 Å². The SMILES string of the molecule is COc1cccc(-c2nc3ccc(NC(=O)C(C)(C)C)cc3o2)c1. The Kier molecular flexibility index (Phi) is 4.01. The molecule has 1 aromatic heterocycles. The van der Waals surface area contributed by atoms with Crippen molar-refractivity contribution in [2.24, 2.45) is 5.41 Å². The van der Waals surface area contributed by atoms with Gasteiger partial charge in [0.2, 0.25) is 11.8 Å². The Bertz CT molecular complexity index is 891. The van der Waals surface area contributed by atoms with Crippen LogP contribution in [-0.2, 0) is 4.79 Å². The highest BCUT2D eigenvalue weighted by Crippen LogP contribution is 2.28. The molecule has 3 rings (SSSR count). The van der Waals surface area contributed by atoms with Crippen LogP contribution < -0.4 is 10.1 Å². The number of benzene rings is 2. The van der Waals surface area contributed by atoms with E-state index in [0.717, 1.165) is 16.8 Å². The third-order valence-electron chi connectivity index (χ3n) is 3.64. The fourth-order valence-electron chi connectivity index (χ4n) is 2.20.